The lowest BCUT2D eigenvalue weighted by atomic mass is 10.2. The third-order valence-electron chi connectivity index (χ3n) is 2.73. The number of methoxy groups -OCH3 is 1. The van der Waals surface area contributed by atoms with Crippen LogP contribution in [0.1, 0.15) is 11.3 Å². The van der Waals surface area contributed by atoms with Crippen molar-refractivity contribution in [1.82, 2.24) is 14.9 Å². The van der Waals surface area contributed by atoms with Gasteiger partial charge in [0.1, 0.15) is 5.82 Å². The zero-order valence-corrected chi connectivity index (χ0v) is 11.0. The summed E-state index contributed by atoms with van der Waals surface area (Å²) in [5, 5.41) is 3.23. The van der Waals surface area contributed by atoms with Crippen molar-refractivity contribution in [3.8, 4) is 0 Å². The highest BCUT2D eigenvalue weighted by Gasteiger charge is 2.00. The SMILES string of the molecule is COCCNCc1cn(Cc2cccc(F)c2)cn1. The Bertz CT molecular complexity index is 513. The molecule has 1 heterocycles. The van der Waals surface area contributed by atoms with Gasteiger partial charge in [0, 0.05) is 32.9 Å². The molecular formula is C14H18FN3O. The minimum atomic E-state index is -0.209. The van der Waals surface area contributed by atoms with Gasteiger partial charge in [-0.15, -0.1) is 0 Å². The molecule has 0 aliphatic carbocycles. The highest BCUT2D eigenvalue weighted by Crippen LogP contribution is 2.06. The first kappa shape index (κ1) is 13.7. The molecule has 0 aliphatic heterocycles. The number of benzene rings is 1. The Morgan fingerprint density at radius 2 is 2.32 bits per heavy atom. The van der Waals surface area contributed by atoms with Gasteiger partial charge in [-0.3, -0.25) is 0 Å². The minimum absolute atomic E-state index is 0.209. The molecule has 0 saturated heterocycles. The zero-order valence-electron chi connectivity index (χ0n) is 11.0. The molecule has 0 radical (unpaired) electrons. The van der Waals surface area contributed by atoms with E-state index in [4.69, 9.17) is 4.74 Å². The maximum absolute atomic E-state index is 13.1. The van der Waals surface area contributed by atoms with Crippen molar-refractivity contribution in [3.63, 3.8) is 0 Å². The van der Waals surface area contributed by atoms with Crippen LogP contribution in [0.3, 0.4) is 0 Å². The summed E-state index contributed by atoms with van der Waals surface area (Å²) >= 11 is 0. The summed E-state index contributed by atoms with van der Waals surface area (Å²) in [6.45, 7) is 2.82. The van der Waals surface area contributed by atoms with E-state index >= 15 is 0 Å². The summed E-state index contributed by atoms with van der Waals surface area (Å²) in [5.41, 5.74) is 1.89. The monoisotopic (exact) mass is 263 g/mol. The van der Waals surface area contributed by atoms with Crippen LogP contribution < -0.4 is 5.32 Å². The van der Waals surface area contributed by atoms with E-state index in [1.54, 1.807) is 19.5 Å². The van der Waals surface area contributed by atoms with Gasteiger partial charge in [-0.2, -0.15) is 0 Å². The van der Waals surface area contributed by atoms with Crippen LogP contribution in [0.25, 0.3) is 0 Å². The number of aromatic nitrogens is 2. The smallest absolute Gasteiger partial charge is 0.123 e. The lowest BCUT2D eigenvalue weighted by molar-refractivity contribution is 0.199. The third kappa shape index (κ3) is 4.46. The maximum atomic E-state index is 13.1. The molecule has 0 fully saturated rings. The Hall–Kier alpha value is -1.72. The Balaban J connectivity index is 1.87. The molecule has 0 saturated carbocycles. The molecule has 1 aromatic carbocycles. The van der Waals surface area contributed by atoms with Crippen LogP contribution in [-0.2, 0) is 17.8 Å². The number of hydrogen-bond donors (Lipinski definition) is 1. The quantitative estimate of drug-likeness (QED) is 0.774. The Morgan fingerprint density at radius 3 is 3.11 bits per heavy atom. The van der Waals surface area contributed by atoms with E-state index in [1.807, 2.05) is 16.8 Å². The first-order chi connectivity index (χ1) is 9.28. The number of nitrogens with one attached hydrogen (secondary N) is 1. The fourth-order valence-electron chi connectivity index (χ4n) is 1.82. The Morgan fingerprint density at radius 1 is 1.42 bits per heavy atom. The van der Waals surface area contributed by atoms with E-state index in [1.165, 1.54) is 12.1 Å². The van der Waals surface area contributed by atoms with Crippen molar-refractivity contribution in [3.05, 3.63) is 53.9 Å². The molecule has 0 atom stereocenters. The van der Waals surface area contributed by atoms with Crippen molar-refractivity contribution in [2.24, 2.45) is 0 Å². The third-order valence-corrected chi connectivity index (χ3v) is 2.73. The molecular weight excluding hydrogens is 245 g/mol. The molecule has 2 aromatic rings. The van der Waals surface area contributed by atoms with Crippen LogP contribution in [0.5, 0.6) is 0 Å². The van der Waals surface area contributed by atoms with Crippen LogP contribution in [0.2, 0.25) is 0 Å². The molecule has 0 unspecified atom stereocenters. The van der Waals surface area contributed by atoms with Crippen molar-refractivity contribution in [1.29, 1.82) is 0 Å². The summed E-state index contributed by atoms with van der Waals surface area (Å²) in [6, 6.07) is 6.60. The van der Waals surface area contributed by atoms with E-state index in [0.717, 1.165) is 17.8 Å². The Labute approximate surface area is 112 Å². The fourth-order valence-corrected chi connectivity index (χ4v) is 1.82. The second-order valence-electron chi connectivity index (χ2n) is 4.34. The van der Waals surface area contributed by atoms with Gasteiger partial charge in [0.05, 0.1) is 18.6 Å². The predicted octanol–water partition coefficient (Wildman–Crippen LogP) is 1.81. The summed E-state index contributed by atoms with van der Waals surface area (Å²) in [6.07, 6.45) is 3.73. The first-order valence-corrected chi connectivity index (χ1v) is 6.22. The fraction of sp³-hybridized carbons (Fsp3) is 0.357. The number of halogens is 1. The zero-order chi connectivity index (χ0) is 13.5. The molecule has 0 spiro atoms. The molecule has 19 heavy (non-hydrogen) atoms. The van der Waals surface area contributed by atoms with Gasteiger partial charge < -0.3 is 14.6 Å². The van der Waals surface area contributed by atoms with E-state index in [0.29, 0.717) is 19.7 Å². The largest absolute Gasteiger partial charge is 0.383 e. The lowest BCUT2D eigenvalue weighted by Crippen LogP contribution is -2.18. The van der Waals surface area contributed by atoms with Crippen LogP contribution >= 0.6 is 0 Å². The number of ether oxygens (including phenoxy) is 1. The number of nitrogens with zero attached hydrogens (tertiary/aromatic N) is 2. The number of rotatable bonds is 7. The van der Waals surface area contributed by atoms with Gasteiger partial charge in [-0.05, 0) is 17.7 Å². The molecule has 4 nitrogen and oxygen atoms in total. The standard InChI is InChI=1S/C14H18FN3O/c1-19-6-5-16-8-14-10-18(11-17-14)9-12-3-2-4-13(15)7-12/h2-4,7,10-11,16H,5-6,8-9H2,1H3. The average Bonchev–Trinajstić information content (AvgIpc) is 2.82. The molecule has 0 bridgehead atoms. The number of imidazole rings is 1. The lowest BCUT2D eigenvalue weighted by Gasteiger charge is -2.02. The summed E-state index contributed by atoms with van der Waals surface area (Å²) in [4.78, 5) is 4.30. The van der Waals surface area contributed by atoms with Crippen molar-refractivity contribution < 1.29 is 9.13 Å². The minimum Gasteiger partial charge on any atom is -0.383 e. The highest BCUT2D eigenvalue weighted by molar-refractivity contribution is 5.17. The summed E-state index contributed by atoms with van der Waals surface area (Å²) in [7, 11) is 1.68. The first-order valence-electron chi connectivity index (χ1n) is 6.22. The molecule has 2 rings (SSSR count). The Kier molecular flexibility index (Phi) is 5.06. The topological polar surface area (TPSA) is 39.1 Å². The van der Waals surface area contributed by atoms with Gasteiger partial charge in [-0.1, -0.05) is 12.1 Å². The molecule has 5 heteroatoms. The van der Waals surface area contributed by atoms with Gasteiger partial charge in [0.25, 0.3) is 0 Å². The van der Waals surface area contributed by atoms with Crippen LogP contribution in [0, 0.1) is 5.82 Å². The van der Waals surface area contributed by atoms with Crippen molar-refractivity contribution in [2.45, 2.75) is 13.1 Å². The number of hydrogen-bond acceptors (Lipinski definition) is 3. The average molecular weight is 263 g/mol. The highest BCUT2D eigenvalue weighted by atomic mass is 19.1. The summed E-state index contributed by atoms with van der Waals surface area (Å²) < 4.78 is 20.0. The molecule has 0 aliphatic rings. The maximum Gasteiger partial charge on any atom is 0.123 e. The second kappa shape index (κ2) is 7.01. The van der Waals surface area contributed by atoms with Gasteiger partial charge in [-0.25, -0.2) is 9.37 Å². The second-order valence-corrected chi connectivity index (χ2v) is 4.34. The molecule has 1 N–H and O–H groups in total. The van der Waals surface area contributed by atoms with Crippen molar-refractivity contribution in [2.75, 3.05) is 20.3 Å². The molecule has 1 aromatic heterocycles. The molecule has 0 amide bonds. The van der Waals surface area contributed by atoms with E-state index in [-0.39, 0.29) is 5.82 Å². The molecule has 102 valence electrons. The van der Waals surface area contributed by atoms with Gasteiger partial charge >= 0.3 is 0 Å². The van der Waals surface area contributed by atoms with Crippen LogP contribution in [-0.4, -0.2) is 29.8 Å². The van der Waals surface area contributed by atoms with Gasteiger partial charge in [0.15, 0.2) is 0 Å². The van der Waals surface area contributed by atoms with Crippen LogP contribution in [0.15, 0.2) is 36.8 Å². The summed E-state index contributed by atoms with van der Waals surface area (Å²) in [5.74, 6) is -0.209. The normalized spacial score (nSPS) is 10.8. The van der Waals surface area contributed by atoms with Crippen molar-refractivity contribution >= 4 is 0 Å². The predicted molar refractivity (Wildman–Crippen MR) is 71.3 cm³/mol. The van der Waals surface area contributed by atoms with Crippen LogP contribution in [0.4, 0.5) is 4.39 Å². The van der Waals surface area contributed by atoms with E-state index in [2.05, 4.69) is 10.3 Å². The van der Waals surface area contributed by atoms with E-state index in [9.17, 15) is 4.39 Å². The van der Waals surface area contributed by atoms with Gasteiger partial charge in [0.2, 0.25) is 0 Å². The van der Waals surface area contributed by atoms with E-state index < -0.39 is 0 Å².